The number of aromatic nitrogens is 2. The van der Waals surface area contributed by atoms with Crippen LogP contribution in [0.15, 0.2) is 0 Å². The van der Waals surface area contributed by atoms with Crippen molar-refractivity contribution in [2.24, 2.45) is 0 Å². The SMILES string of the molecule is Cc1[c-]nc(C)n1C(C)C.[Y]. The summed E-state index contributed by atoms with van der Waals surface area (Å²) >= 11 is 0. The summed E-state index contributed by atoms with van der Waals surface area (Å²) in [4.78, 5) is 4.08. The molecule has 0 aliphatic heterocycles. The standard InChI is InChI=1S/C8H13N2.Y/c1-6(2)10-7(3)5-9-8(10)4;/h6H,1-4H3;/q-1;. The van der Waals surface area contributed by atoms with Crippen molar-refractivity contribution in [1.29, 1.82) is 0 Å². The second kappa shape index (κ2) is 4.37. The molecule has 59 valence electrons. The van der Waals surface area contributed by atoms with Crippen molar-refractivity contribution in [3.63, 3.8) is 0 Å². The van der Waals surface area contributed by atoms with Crippen LogP contribution in [-0.4, -0.2) is 9.55 Å². The maximum atomic E-state index is 4.08. The first-order valence-corrected chi connectivity index (χ1v) is 3.56. The molecule has 0 aromatic carbocycles. The van der Waals surface area contributed by atoms with Gasteiger partial charge in [0.2, 0.25) is 0 Å². The largest absolute Gasteiger partial charge is 0.439 e. The van der Waals surface area contributed by atoms with Gasteiger partial charge in [-0.1, -0.05) is 18.4 Å². The van der Waals surface area contributed by atoms with Gasteiger partial charge in [0.05, 0.1) is 0 Å². The van der Waals surface area contributed by atoms with Crippen molar-refractivity contribution >= 4 is 0 Å². The number of aryl methyl sites for hydroxylation is 2. The molecule has 0 unspecified atom stereocenters. The monoisotopic (exact) mass is 226 g/mol. The van der Waals surface area contributed by atoms with E-state index in [-0.39, 0.29) is 32.7 Å². The molecule has 2 nitrogen and oxygen atoms in total. The van der Waals surface area contributed by atoms with E-state index in [0.29, 0.717) is 6.04 Å². The van der Waals surface area contributed by atoms with Gasteiger partial charge in [-0.2, -0.15) is 0 Å². The molecule has 0 amide bonds. The molecule has 0 atom stereocenters. The number of imidazole rings is 1. The topological polar surface area (TPSA) is 17.8 Å². The van der Waals surface area contributed by atoms with Crippen LogP contribution >= 0.6 is 0 Å². The predicted molar refractivity (Wildman–Crippen MR) is 40.9 cm³/mol. The summed E-state index contributed by atoms with van der Waals surface area (Å²) in [6.45, 7) is 8.33. The molecule has 0 aliphatic rings. The van der Waals surface area contributed by atoms with E-state index in [2.05, 4.69) is 29.6 Å². The maximum Gasteiger partial charge on any atom is 0.0105 e. The molecule has 0 aliphatic carbocycles. The minimum Gasteiger partial charge on any atom is -0.439 e. The fourth-order valence-corrected chi connectivity index (χ4v) is 1.27. The van der Waals surface area contributed by atoms with E-state index in [9.17, 15) is 0 Å². The summed E-state index contributed by atoms with van der Waals surface area (Å²) in [7, 11) is 0. The van der Waals surface area contributed by atoms with E-state index in [4.69, 9.17) is 0 Å². The Morgan fingerprint density at radius 1 is 1.36 bits per heavy atom. The maximum absolute atomic E-state index is 4.08. The van der Waals surface area contributed by atoms with Crippen molar-refractivity contribution in [2.75, 3.05) is 0 Å². The average molecular weight is 226 g/mol. The average Bonchev–Trinajstić information content (AvgIpc) is 2.11. The van der Waals surface area contributed by atoms with Crippen LogP contribution in [0.1, 0.15) is 31.4 Å². The number of hydrogen-bond donors (Lipinski definition) is 0. The summed E-state index contributed by atoms with van der Waals surface area (Å²) < 4.78 is 2.17. The van der Waals surface area contributed by atoms with Gasteiger partial charge in [0.1, 0.15) is 0 Å². The summed E-state index contributed by atoms with van der Waals surface area (Å²) in [5.74, 6) is 1.05. The van der Waals surface area contributed by atoms with Gasteiger partial charge >= 0.3 is 0 Å². The first-order chi connectivity index (χ1) is 4.63. The van der Waals surface area contributed by atoms with Gasteiger partial charge in [-0.05, 0) is 20.8 Å². The molecule has 3 heteroatoms. The third kappa shape index (κ3) is 2.38. The second-order valence-electron chi connectivity index (χ2n) is 2.82. The van der Waals surface area contributed by atoms with Gasteiger partial charge in [-0.15, -0.1) is 6.20 Å². The van der Waals surface area contributed by atoms with Crippen LogP contribution in [-0.2, 0) is 32.7 Å². The molecular formula is C8H13N2Y-. The number of rotatable bonds is 1. The van der Waals surface area contributed by atoms with Crippen molar-refractivity contribution in [2.45, 2.75) is 33.7 Å². The van der Waals surface area contributed by atoms with Gasteiger partial charge in [-0.3, -0.25) is 0 Å². The van der Waals surface area contributed by atoms with E-state index in [1.807, 2.05) is 13.8 Å². The molecule has 0 fully saturated rings. The zero-order chi connectivity index (χ0) is 7.72. The van der Waals surface area contributed by atoms with E-state index >= 15 is 0 Å². The third-order valence-electron chi connectivity index (χ3n) is 1.61. The molecule has 1 aromatic rings. The van der Waals surface area contributed by atoms with Crippen LogP contribution in [0.2, 0.25) is 0 Å². The van der Waals surface area contributed by atoms with Gasteiger partial charge in [0, 0.05) is 38.8 Å². The van der Waals surface area contributed by atoms with Gasteiger partial charge in [0.25, 0.3) is 0 Å². The first-order valence-electron chi connectivity index (χ1n) is 3.56. The van der Waals surface area contributed by atoms with Gasteiger partial charge in [-0.25, -0.2) is 0 Å². The normalized spacial score (nSPS) is 9.91. The Morgan fingerprint density at radius 3 is 2.09 bits per heavy atom. The van der Waals surface area contributed by atoms with Crippen LogP contribution in [0.25, 0.3) is 0 Å². The molecule has 11 heavy (non-hydrogen) atoms. The Labute approximate surface area is 93.3 Å². The number of hydrogen-bond acceptors (Lipinski definition) is 1. The smallest absolute Gasteiger partial charge is 0.0105 e. The van der Waals surface area contributed by atoms with E-state index in [1.165, 1.54) is 0 Å². The minimum absolute atomic E-state index is 0. The summed E-state index contributed by atoms with van der Waals surface area (Å²) in [5, 5.41) is 0. The molecule has 0 spiro atoms. The van der Waals surface area contributed by atoms with Crippen molar-refractivity contribution in [3.05, 3.63) is 17.7 Å². The fraction of sp³-hybridized carbons (Fsp3) is 0.625. The van der Waals surface area contributed by atoms with Crippen molar-refractivity contribution in [1.82, 2.24) is 9.55 Å². The van der Waals surface area contributed by atoms with Crippen LogP contribution in [0.4, 0.5) is 0 Å². The number of nitrogens with zero attached hydrogens (tertiary/aromatic N) is 2. The third-order valence-corrected chi connectivity index (χ3v) is 1.61. The molecule has 0 N–H and O–H groups in total. The zero-order valence-corrected chi connectivity index (χ0v) is 10.4. The van der Waals surface area contributed by atoms with Crippen molar-refractivity contribution < 1.29 is 32.7 Å². The second-order valence-corrected chi connectivity index (χ2v) is 2.82. The van der Waals surface area contributed by atoms with Crippen molar-refractivity contribution in [3.8, 4) is 0 Å². The first kappa shape index (κ1) is 11.3. The van der Waals surface area contributed by atoms with Gasteiger partial charge < -0.3 is 9.55 Å². The molecule has 1 aromatic heterocycles. The summed E-state index contributed by atoms with van der Waals surface area (Å²) in [6, 6.07) is 0.499. The Hall–Kier alpha value is 0.314. The molecule has 0 saturated carbocycles. The predicted octanol–water partition coefficient (Wildman–Crippen LogP) is 1.88. The van der Waals surface area contributed by atoms with E-state index in [1.54, 1.807) is 0 Å². The van der Waals surface area contributed by atoms with E-state index in [0.717, 1.165) is 11.5 Å². The summed E-state index contributed by atoms with van der Waals surface area (Å²) in [6.07, 6.45) is 2.93. The van der Waals surface area contributed by atoms with Crippen LogP contribution in [0, 0.1) is 20.0 Å². The fourth-order valence-electron chi connectivity index (χ4n) is 1.27. The molecule has 0 saturated heterocycles. The zero-order valence-electron chi connectivity index (χ0n) is 7.55. The Kier molecular flexibility index (Phi) is 4.49. The Bertz CT molecular complexity index is 208. The molecular weight excluding hydrogens is 213 g/mol. The molecule has 1 rings (SSSR count). The van der Waals surface area contributed by atoms with Gasteiger partial charge in [0.15, 0.2) is 0 Å². The van der Waals surface area contributed by atoms with Crippen LogP contribution < -0.4 is 0 Å². The van der Waals surface area contributed by atoms with E-state index < -0.39 is 0 Å². The molecule has 1 radical (unpaired) electrons. The quantitative estimate of drug-likeness (QED) is 0.668. The molecule has 0 bridgehead atoms. The summed E-state index contributed by atoms with van der Waals surface area (Å²) in [5.41, 5.74) is 1.12. The van der Waals surface area contributed by atoms with Crippen LogP contribution in [0.5, 0.6) is 0 Å². The Morgan fingerprint density at radius 2 is 1.91 bits per heavy atom. The molecule has 1 heterocycles. The van der Waals surface area contributed by atoms with Crippen LogP contribution in [0.3, 0.4) is 0 Å². The Balaban J connectivity index is 0.000001000. The minimum atomic E-state index is 0.